The van der Waals surface area contributed by atoms with E-state index in [1.807, 2.05) is 0 Å². The van der Waals surface area contributed by atoms with Crippen LogP contribution in [0.3, 0.4) is 0 Å². The number of esters is 1. The maximum atomic E-state index is 13.9. The molecule has 26 heavy (non-hydrogen) atoms. The zero-order valence-electron chi connectivity index (χ0n) is 14.1. The van der Waals surface area contributed by atoms with Gasteiger partial charge in [-0.1, -0.05) is 23.7 Å². The molecule has 0 aromatic heterocycles. The normalized spacial score (nSPS) is 11.4. The zero-order valence-corrected chi connectivity index (χ0v) is 15.7. The number of para-hydroxylation sites is 1. The summed E-state index contributed by atoms with van der Waals surface area (Å²) in [6.45, 7) is -0.152. The van der Waals surface area contributed by atoms with Crippen LogP contribution in [0.4, 0.5) is 4.39 Å². The van der Waals surface area contributed by atoms with Crippen LogP contribution >= 0.6 is 11.6 Å². The highest BCUT2D eigenvalue weighted by atomic mass is 35.5. The molecule has 0 radical (unpaired) electrons. The standard InChI is InChI=1S/C17H17ClFNO5S/c1-20(2)26(22,23)12-7-8-15(19)13(11-12)17(21)25-10-9-24-16-6-4-3-5-14(16)18/h3-8,11H,9-10H2,1-2H3. The maximum absolute atomic E-state index is 13.9. The minimum Gasteiger partial charge on any atom is -0.488 e. The van der Waals surface area contributed by atoms with Gasteiger partial charge in [0, 0.05) is 14.1 Å². The van der Waals surface area contributed by atoms with Crippen molar-refractivity contribution in [3.8, 4) is 5.75 Å². The lowest BCUT2D eigenvalue weighted by Gasteiger charge is -2.13. The number of halogens is 2. The summed E-state index contributed by atoms with van der Waals surface area (Å²) in [6.07, 6.45) is 0. The van der Waals surface area contributed by atoms with Gasteiger partial charge in [0.2, 0.25) is 10.0 Å². The van der Waals surface area contributed by atoms with Crippen LogP contribution in [0.25, 0.3) is 0 Å². The Hall–Kier alpha value is -2.16. The van der Waals surface area contributed by atoms with Gasteiger partial charge in [-0.25, -0.2) is 21.9 Å². The number of carbonyl (C=O) groups is 1. The molecule has 0 aliphatic heterocycles. The van der Waals surface area contributed by atoms with E-state index in [9.17, 15) is 17.6 Å². The molecule has 0 aliphatic rings. The molecule has 0 fully saturated rings. The molecule has 0 saturated heterocycles. The Kier molecular flexibility index (Phi) is 6.57. The van der Waals surface area contributed by atoms with Crippen LogP contribution in [0.1, 0.15) is 10.4 Å². The van der Waals surface area contributed by atoms with E-state index in [0.29, 0.717) is 10.8 Å². The van der Waals surface area contributed by atoms with E-state index in [4.69, 9.17) is 21.1 Å². The minimum absolute atomic E-state index is 0.00673. The van der Waals surface area contributed by atoms with E-state index in [0.717, 1.165) is 22.5 Å². The van der Waals surface area contributed by atoms with Gasteiger partial charge in [0.1, 0.15) is 24.8 Å². The number of hydrogen-bond donors (Lipinski definition) is 0. The molecule has 0 heterocycles. The molecule has 0 amide bonds. The topological polar surface area (TPSA) is 72.9 Å². The Labute approximate surface area is 156 Å². The molecule has 6 nitrogen and oxygen atoms in total. The predicted octanol–water partition coefficient (Wildman–Crippen LogP) is 2.97. The van der Waals surface area contributed by atoms with Crippen molar-refractivity contribution in [1.29, 1.82) is 0 Å². The number of sulfonamides is 1. The number of ether oxygens (including phenoxy) is 2. The van der Waals surface area contributed by atoms with Crippen molar-refractivity contribution in [2.75, 3.05) is 27.3 Å². The molecular weight excluding hydrogens is 385 g/mol. The minimum atomic E-state index is -3.80. The third-order valence-corrected chi connectivity index (χ3v) is 5.47. The summed E-state index contributed by atoms with van der Waals surface area (Å²) >= 11 is 5.92. The second-order valence-electron chi connectivity index (χ2n) is 5.34. The van der Waals surface area contributed by atoms with Crippen LogP contribution in [-0.4, -0.2) is 46.0 Å². The van der Waals surface area contributed by atoms with Crippen LogP contribution in [-0.2, 0) is 14.8 Å². The van der Waals surface area contributed by atoms with Crippen molar-refractivity contribution in [2.24, 2.45) is 0 Å². The van der Waals surface area contributed by atoms with Crippen LogP contribution in [0, 0.1) is 5.82 Å². The third-order valence-electron chi connectivity index (χ3n) is 3.35. The number of carbonyl (C=O) groups excluding carboxylic acids is 1. The van der Waals surface area contributed by atoms with Gasteiger partial charge in [-0.05, 0) is 30.3 Å². The first-order valence-electron chi connectivity index (χ1n) is 7.50. The molecule has 140 valence electrons. The van der Waals surface area contributed by atoms with E-state index < -0.39 is 27.4 Å². The zero-order chi connectivity index (χ0) is 19.3. The Balaban J connectivity index is 2.02. The Bertz CT molecular complexity index is 902. The molecule has 0 atom stereocenters. The van der Waals surface area contributed by atoms with Gasteiger partial charge in [-0.15, -0.1) is 0 Å². The third kappa shape index (κ3) is 4.72. The summed E-state index contributed by atoms with van der Waals surface area (Å²) in [5.74, 6) is -1.43. The van der Waals surface area contributed by atoms with Gasteiger partial charge in [0.15, 0.2) is 0 Å². The van der Waals surface area contributed by atoms with Crippen molar-refractivity contribution in [3.63, 3.8) is 0 Å². The largest absolute Gasteiger partial charge is 0.488 e. The highest BCUT2D eigenvalue weighted by molar-refractivity contribution is 7.89. The summed E-state index contributed by atoms with van der Waals surface area (Å²) in [7, 11) is -1.12. The fraction of sp³-hybridized carbons (Fsp3) is 0.235. The van der Waals surface area contributed by atoms with Crippen LogP contribution in [0.15, 0.2) is 47.4 Å². The molecule has 0 spiro atoms. The highest BCUT2D eigenvalue weighted by Gasteiger charge is 2.22. The second-order valence-corrected chi connectivity index (χ2v) is 7.90. The summed E-state index contributed by atoms with van der Waals surface area (Å²) < 4.78 is 49.3. The first-order chi connectivity index (χ1) is 12.2. The second kappa shape index (κ2) is 8.48. The quantitative estimate of drug-likeness (QED) is 0.527. The lowest BCUT2D eigenvalue weighted by molar-refractivity contribution is 0.0445. The number of benzene rings is 2. The monoisotopic (exact) mass is 401 g/mol. The Morgan fingerprint density at radius 1 is 1.15 bits per heavy atom. The average molecular weight is 402 g/mol. The van der Waals surface area contributed by atoms with E-state index in [1.54, 1.807) is 24.3 Å². The molecule has 0 N–H and O–H groups in total. The summed E-state index contributed by atoms with van der Waals surface area (Å²) in [5.41, 5.74) is -0.467. The van der Waals surface area contributed by atoms with Gasteiger partial charge >= 0.3 is 5.97 Å². The Morgan fingerprint density at radius 2 is 1.85 bits per heavy atom. The van der Waals surface area contributed by atoms with E-state index in [-0.39, 0.29) is 18.1 Å². The van der Waals surface area contributed by atoms with Crippen LogP contribution in [0.2, 0.25) is 5.02 Å². The van der Waals surface area contributed by atoms with E-state index >= 15 is 0 Å². The fourth-order valence-corrected chi connectivity index (χ4v) is 3.08. The van der Waals surface area contributed by atoms with Crippen LogP contribution < -0.4 is 4.74 Å². The van der Waals surface area contributed by atoms with Gasteiger partial charge in [0.25, 0.3) is 0 Å². The number of rotatable bonds is 7. The van der Waals surface area contributed by atoms with Crippen molar-refractivity contribution < 1.29 is 27.1 Å². The van der Waals surface area contributed by atoms with Gasteiger partial charge in [-0.3, -0.25) is 0 Å². The molecule has 2 rings (SSSR count). The number of hydrogen-bond acceptors (Lipinski definition) is 5. The van der Waals surface area contributed by atoms with Gasteiger partial charge < -0.3 is 9.47 Å². The molecular formula is C17H17ClFNO5S. The lowest BCUT2D eigenvalue weighted by atomic mass is 10.2. The van der Waals surface area contributed by atoms with Crippen molar-refractivity contribution in [1.82, 2.24) is 4.31 Å². The average Bonchev–Trinajstić information content (AvgIpc) is 2.60. The molecule has 0 unspecified atom stereocenters. The summed E-state index contributed by atoms with van der Waals surface area (Å²) in [5, 5.41) is 0.409. The van der Waals surface area contributed by atoms with Crippen molar-refractivity contribution >= 4 is 27.6 Å². The number of nitrogens with zero attached hydrogens (tertiary/aromatic N) is 1. The van der Waals surface area contributed by atoms with E-state index in [2.05, 4.69) is 0 Å². The van der Waals surface area contributed by atoms with E-state index in [1.165, 1.54) is 14.1 Å². The molecule has 0 saturated carbocycles. The fourth-order valence-electron chi connectivity index (χ4n) is 1.96. The lowest BCUT2D eigenvalue weighted by Crippen LogP contribution is -2.23. The van der Waals surface area contributed by atoms with Gasteiger partial charge in [0.05, 0.1) is 15.5 Å². The van der Waals surface area contributed by atoms with Gasteiger partial charge in [-0.2, -0.15) is 0 Å². The molecule has 0 aliphatic carbocycles. The maximum Gasteiger partial charge on any atom is 0.341 e. The summed E-state index contributed by atoms with van der Waals surface area (Å²) in [6, 6.07) is 9.72. The molecule has 9 heteroatoms. The molecule has 0 bridgehead atoms. The first-order valence-corrected chi connectivity index (χ1v) is 9.32. The SMILES string of the molecule is CN(C)S(=O)(=O)c1ccc(F)c(C(=O)OCCOc2ccccc2Cl)c1. The van der Waals surface area contributed by atoms with Crippen molar-refractivity contribution in [2.45, 2.75) is 4.90 Å². The highest BCUT2D eigenvalue weighted by Crippen LogP contribution is 2.23. The summed E-state index contributed by atoms with van der Waals surface area (Å²) in [4.78, 5) is 11.8. The molecule has 2 aromatic carbocycles. The smallest absolute Gasteiger partial charge is 0.341 e. The molecule has 2 aromatic rings. The first kappa shape index (κ1) is 20.2. The van der Waals surface area contributed by atoms with Crippen LogP contribution in [0.5, 0.6) is 5.75 Å². The van der Waals surface area contributed by atoms with Crippen molar-refractivity contribution in [3.05, 3.63) is 58.9 Å². The predicted molar refractivity (Wildman–Crippen MR) is 94.5 cm³/mol. The Morgan fingerprint density at radius 3 is 2.50 bits per heavy atom.